The molecular formula is C41H44O8. The average molecular weight is 665 g/mol. The second-order valence-corrected chi connectivity index (χ2v) is 11.5. The lowest BCUT2D eigenvalue weighted by atomic mass is 10.1. The summed E-state index contributed by atoms with van der Waals surface area (Å²) in [7, 11) is 0. The number of carbonyl (C=O) groups is 1. The molecule has 49 heavy (non-hydrogen) atoms. The summed E-state index contributed by atoms with van der Waals surface area (Å²) in [5.74, 6) is 2.88. The first-order chi connectivity index (χ1) is 24.1. The van der Waals surface area contributed by atoms with Crippen LogP contribution in [0, 0.1) is 0 Å². The quantitative estimate of drug-likeness (QED) is 0.0252. The summed E-state index contributed by atoms with van der Waals surface area (Å²) < 4.78 is 39.7. The first-order valence-electron chi connectivity index (χ1n) is 16.8. The van der Waals surface area contributed by atoms with Crippen molar-refractivity contribution in [2.75, 3.05) is 20.0 Å². The molecule has 8 heteroatoms. The minimum Gasteiger partial charge on any atom is -0.502 e. The Kier molecular flexibility index (Phi) is 13.0. The molecule has 1 unspecified atom stereocenters. The molecule has 1 atom stereocenters. The van der Waals surface area contributed by atoms with Crippen molar-refractivity contribution in [3.05, 3.63) is 127 Å². The van der Waals surface area contributed by atoms with Crippen molar-refractivity contribution >= 4 is 5.97 Å². The van der Waals surface area contributed by atoms with E-state index in [0.717, 1.165) is 66.5 Å². The van der Waals surface area contributed by atoms with Crippen molar-refractivity contribution in [3.63, 3.8) is 0 Å². The molecule has 0 amide bonds. The minimum absolute atomic E-state index is 0.0596. The molecule has 0 aliphatic heterocycles. The van der Waals surface area contributed by atoms with Gasteiger partial charge in [-0.15, -0.1) is 0 Å². The number of fused-ring (bicyclic) bond motifs is 3. The zero-order chi connectivity index (χ0) is 34.3. The molecule has 0 N–H and O–H groups in total. The Bertz CT molecular complexity index is 1660. The lowest BCUT2D eigenvalue weighted by Crippen LogP contribution is -2.18. The lowest BCUT2D eigenvalue weighted by Gasteiger charge is -2.18. The van der Waals surface area contributed by atoms with Crippen LogP contribution in [0.5, 0.6) is 28.7 Å². The van der Waals surface area contributed by atoms with Crippen LogP contribution in [0.3, 0.4) is 0 Å². The van der Waals surface area contributed by atoms with Gasteiger partial charge in [0, 0.05) is 6.42 Å². The number of rotatable bonds is 21. The van der Waals surface area contributed by atoms with Crippen LogP contribution in [0.1, 0.15) is 66.9 Å². The van der Waals surface area contributed by atoms with Crippen LogP contribution in [-0.4, -0.2) is 32.3 Å². The number of hydrogen-bond donors (Lipinski definition) is 0. The van der Waals surface area contributed by atoms with Crippen molar-refractivity contribution in [2.24, 2.45) is 0 Å². The Morgan fingerprint density at radius 2 is 1.31 bits per heavy atom. The van der Waals surface area contributed by atoms with Gasteiger partial charge in [-0.05, 0) is 127 Å². The SMILES string of the molecule is C=COCCCCCOc1ccc(C(=O)Oc2ccc3c(c2)Cc2cc(OCOc4ccc(OC(CCCC)OC=C)cc4)ccc2-3)cc1. The first kappa shape index (κ1) is 35.0. The third-order valence-corrected chi connectivity index (χ3v) is 8.00. The summed E-state index contributed by atoms with van der Waals surface area (Å²) in [5.41, 5.74) is 4.93. The molecule has 0 heterocycles. The minimum atomic E-state index is -0.417. The van der Waals surface area contributed by atoms with Gasteiger partial charge in [-0.25, -0.2) is 4.79 Å². The van der Waals surface area contributed by atoms with Gasteiger partial charge in [0.25, 0.3) is 0 Å². The predicted octanol–water partition coefficient (Wildman–Crippen LogP) is 9.66. The van der Waals surface area contributed by atoms with Crippen LogP contribution < -0.4 is 23.7 Å². The molecule has 0 saturated heterocycles. The van der Waals surface area contributed by atoms with Crippen LogP contribution in [0.2, 0.25) is 0 Å². The van der Waals surface area contributed by atoms with E-state index < -0.39 is 5.97 Å². The summed E-state index contributed by atoms with van der Waals surface area (Å²) >= 11 is 0. The van der Waals surface area contributed by atoms with Crippen molar-refractivity contribution in [1.82, 2.24) is 0 Å². The highest BCUT2D eigenvalue weighted by molar-refractivity contribution is 5.91. The van der Waals surface area contributed by atoms with E-state index >= 15 is 0 Å². The molecule has 8 nitrogen and oxygen atoms in total. The van der Waals surface area contributed by atoms with E-state index in [0.29, 0.717) is 48.2 Å². The molecular weight excluding hydrogens is 620 g/mol. The van der Waals surface area contributed by atoms with Gasteiger partial charge in [0.05, 0.1) is 31.3 Å². The summed E-state index contributed by atoms with van der Waals surface area (Å²) in [5, 5.41) is 0. The van der Waals surface area contributed by atoms with Gasteiger partial charge in [-0.1, -0.05) is 38.6 Å². The Morgan fingerprint density at radius 1 is 0.694 bits per heavy atom. The second kappa shape index (κ2) is 18.2. The second-order valence-electron chi connectivity index (χ2n) is 11.5. The van der Waals surface area contributed by atoms with E-state index in [4.69, 9.17) is 33.2 Å². The smallest absolute Gasteiger partial charge is 0.343 e. The molecule has 0 saturated carbocycles. The van der Waals surface area contributed by atoms with Crippen LogP contribution in [0.15, 0.2) is 111 Å². The van der Waals surface area contributed by atoms with Crippen molar-refractivity contribution in [2.45, 2.75) is 58.2 Å². The van der Waals surface area contributed by atoms with Crippen LogP contribution in [0.25, 0.3) is 11.1 Å². The topological polar surface area (TPSA) is 81.7 Å². The highest BCUT2D eigenvalue weighted by atomic mass is 16.7. The van der Waals surface area contributed by atoms with E-state index in [1.165, 1.54) is 12.5 Å². The third kappa shape index (κ3) is 10.3. The number of hydrogen-bond acceptors (Lipinski definition) is 8. The van der Waals surface area contributed by atoms with Gasteiger partial charge in [-0.3, -0.25) is 0 Å². The molecule has 1 aliphatic rings. The molecule has 0 spiro atoms. The Hall–Kier alpha value is -5.37. The molecule has 256 valence electrons. The largest absolute Gasteiger partial charge is 0.502 e. The molecule has 0 fully saturated rings. The average Bonchev–Trinajstić information content (AvgIpc) is 3.48. The molecule has 0 aromatic heterocycles. The molecule has 0 radical (unpaired) electrons. The van der Waals surface area contributed by atoms with Crippen molar-refractivity contribution in [3.8, 4) is 39.9 Å². The van der Waals surface area contributed by atoms with Gasteiger partial charge >= 0.3 is 5.97 Å². The van der Waals surface area contributed by atoms with E-state index in [2.05, 4.69) is 26.1 Å². The van der Waals surface area contributed by atoms with E-state index in [1.54, 1.807) is 24.3 Å². The Morgan fingerprint density at radius 3 is 2.02 bits per heavy atom. The molecule has 5 rings (SSSR count). The predicted molar refractivity (Wildman–Crippen MR) is 189 cm³/mol. The highest BCUT2D eigenvalue weighted by Gasteiger charge is 2.21. The zero-order valence-corrected chi connectivity index (χ0v) is 28.1. The van der Waals surface area contributed by atoms with E-state index in [-0.39, 0.29) is 13.1 Å². The monoisotopic (exact) mass is 664 g/mol. The summed E-state index contributed by atoms with van der Waals surface area (Å²) in [6.07, 6.45) is 8.96. The summed E-state index contributed by atoms with van der Waals surface area (Å²) in [6, 6.07) is 26.1. The standard InChI is InChI=1S/C41H44O8/c1-4-7-11-40(44-6-3)48-35-18-16-34(17-19-35)46-29-47-36-20-22-38-31(27-36)26-32-28-37(21-23-39(32)38)49-41(42)30-12-14-33(15-13-30)45-25-10-8-9-24-43-5-2/h5-6,12-23,27-28,40H,2-4,7-11,24-26,29H2,1H3. The Balaban J connectivity index is 1.07. The molecule has 0 bridgehead atoms. The summed E-state index contributed by atoms with van der Waals surface area (Å²) in [6.45, 7) is 10.6. The maximum absolute atomic E-state index is 12.9. The number of ether oxygens (including phenoxy) is 7. The van der Waals surface area contributed by atoms with E-state index in [1.807, 2.05) is 54.6 Å². The van der Waals surface area contributed by atoms with Gasteiger partial charge in [0.2, 0.25) is 13.1 Å². The molecule has 1 aliphatic carbocycles. The van der Waals surface area contributed by atoms with Crippen molar-refractivity contribution in [1.29, 1.82) is 0 Å². The van der Waals surface area contributed by atoms with Crippen molar-refractivity contribution < 1.29 is 38.0 Å². The Labute approximate surface area is 288 Å². The highest BCUT2D eigenvalue weighted by Crippen LogP contribution is 2.40. The summed E-state index contributed by atoms with van der Waals surface area (Å²) in [4.78, 5) is 12.9. The molecule has 4 aromatic rings. The normalized spacial score (nSPS) is 11.8. The van der Waals surface area contributed by atoms with Crippen LogP contribution >= 0.6 is 0 Å². The fraction of sp³-hybridized carbons (Fsp3) is 0.293. The number of unbranched alkanes of at least 4 members (excludes halogenated alkanes) is 3. The maximum Gasteiger partial charge on any atom is 0.343 e. The fourth-order valence-electron chi connectivity index (χ4n) is 5.47. The number of carbonyl (C=O) groups excluding carboxylic acids is 1. The van der Waals surface area contributed by atoms with Crippen LogP contribution in [0.4, 0.5) is 0 Å². The van der Waals surface area contributed by atoms with Gasteiger partial charge in [0.1, 0.15) is 28.7 Å². The maximum atomic E-state index is 12.9. The zero-order valence-electron chi connectivity index (χ0n) is 28.1. The number of benzene rings is 4. The van der Waals surface area contributed by atoms with Gasteiger partial charge < -0.3 is 33.2 Å². The fourth-order valence-corrected chi connectivity index (χ4v) is 5.47. The van der Waals surface area contributed by atoms with Gasteiger partial charge in [0.15, 0.2) is 0 Å². The first-order valence-corrected chi connectivity index (χ1v) is 16.8. The lowest BCUT2D eigenvalue weighted by molar-refractivity contribution is -0.0357. The number of esters is 1. The van der Waals surface area contributed by atoms with Gasteiger partial charge in [-0.2, -0.15) is 0 Å². The third-order valence-electron chi connectivity index (χ3n) is 8.00. The molecule has 4 aromatic carbocycles. The van der Waals surface area contributed by atoms with Crippen LogP contribution in [-0.2, 0) is 15.9 Å². The van der Waals surface area contributed by atoms with E-state index in [9.17, 15) is 4.79 Å².